The van der Waals surface area contributed by atoms with Crippen LogP contribution in [0.1, 0.15) is 26.3 Å². The average Bonchev–Trinajstić information content (AvgIpc) is 2.65. The number of amides is 1. The Kier molecular flexibility index (Phi) is 6.17. The highest BCUT2D eigenvalue weighted by molar-refractivity contribution is 5.96. The third-order valence-corrected chi connectivity index (χ3v) is 3.35. The molecule has 0 unspecified atom stereocenters. The molecule has 0 heterocycles. The Morgan fingerprint density at radius 1 is 0.963 bits per heavy atom. The van der Waals surface area contributed by atoms with E-state index in [1.54, 1.807) is 0 Å². The molecule has 2 rings (SSSR count). The first-order chi connectivity index (χ1) is 12.7. The minimum Gasteiger partial charge on any atom is -0.465 e. The number of anilines is 1. The molecule has 2 aromatic carbocycles. The molecule has 0 aliphatic rings. The summed E-state index contributed by atoms with van der Waals surface area (Å²) in [5, 5.41) is 2.42. The first kappa shape index (κ1) is 20.0. The molecule has 1 N–H and O–H groups in total. The van der Waals surface area contributed by atoms with Gasteiger partial charge < -0.3 is 14.8 Å². The molecule has 0 aromatic heterocycles. The van der Waals surface area contributed by atoms with Crippen LogP contribution < -0.4 is 5.32 Å². The maximum atomic E-state index is 12.6. The SMILES string of the molecule is COC(=O)c1ccc(NC(=O)COC(=O)c2cccc(C(F)(F)F)c2)cc1. The fourth-order valence-electron chi connectivity index (χ4n) is 2.04. The van der Waals surface area contributed by atoms with Crippen molar-refractivity contribution in [2.45, 2.75) is 6.18 Å². The summed E-state index contributed by atoms with van der Waals surface area (Å²) in [6.45, 7) is -0.687. The van der Waals surface area contributed by atoms with E-state index in [2.05, 4.69) is 10.1 Å². The molecule has 9 heteroatoms. The van der Waals surface area contributed by atoms with E-state index in [0.29, 0.717) is 11.8 Å². The highest BCUT2D eigenvalue weighted by Crippen LogP contribution is 2.29. The van der Waals surface area contributed by atoms with Crippen LogP contribution in [0.15, 0.2) is 48.5 Å². The van der Waals surface area contributed by atoms with E-state index in [1.165, 1.54) is 31.4 Å². The first-order valence-corrected chi connectivity index (χ1v) is 7.53. The van der Waals surface area contributed by atoms with E-state index in [4.69, 9.17) is 4.74 Å². The van der Waals surface area contributed by atoms with Gasteiger partial charge in [-0.15, -0.1) is 0 Å². The van der Waals surface area contributed by atoms with Crippen molar-refractivity contribution in [2.24, 2.45) is 0 Å². The van der Waals surface area contributed by atoms with Crippen molar-refractivity contribution in [3.63, 3.8) is 0 Å². The molecule has 0 spiro atoms. The summed E-state index contributed by atoms with van der Waals surface area (Å²) in [4.78, 5) is 34.9. The minimum absolute atomic E-state index is 0.284. The summed E-state index contributed by atoms with van der Waals surface area (Å²) < 4.78 is 47.2. The van der Waals surface area contributed by atoms with E-state index in [9.17, 15) is 27.6 Å². The number of carbonyl (C=O) groups is 3. The third-order valence-electron chi connectivity index (χ3n) is 3.35. The first-order valence-electron chi connectivity index (χ1n) is 7.53. The van der Waals surface area contributed by atoms with Crippen LogP contribution in [0.3, 0.4) is 0 Å². The van der Waals surface area contributed by atoms with Crippen molar-refractivity contribution in [2.75, 3.05) is 19.0 Å². The zero-order chi connectivity index (χ0) is 20.0. The molecule has 1 amide bonds. The summed E-state index contributed by atoms with van der Waals surface area (Å²) >= 11 is 0. The maximum absolute atomic E-state index is 12.6. The van der Waals surface area contributed by atoms with Crippen LogP contribution in [0.4, 0.5) is 18.9 Å². The van der Waals surface area contributed by atoms with Crippen molar-refractivity contribution in [3.05, 3.63) is 65.2 Å². The van der Waals surface area contributed by atoms with Gasteiger partial charge in [-0.3, -0.25) is 4.79 Å². The van der Waals surface area contributed by atoms with Crippen molar-refractivity contribution >= 4 is 23.5 Å². The Morgan fingerprint density at radius 2 is 1.63 bits per heavy atom. The predicted molar refractivity (Wildman–Crippen MR) is 88.1 cm³/mol. The molecule has 142 valence electrons. The molecule has 0 aliphatic heterocycles. The van der Waals surface area contributed by atoms with Crippen LogP contribution in [0, 0.1) is 0 Å². The Morgan fingerprint density at radius 3 is 2.22 bits per heavy atom. The normalized spacial score (nSPS) is 10.8. The minimum atomic E-state index is -4.59. The van der Waals surface area contributed by atoms with Crippen LogP contribution in [0.5, 0.6) is 0 Å². The number of carbonyl (C=O) groups excluding carboxylic acids is 3. The molecule has 0 saturated carbocycles. The number of hydrogen-bond donors (Lipinski definition) is 1. The van der Waals surface area contributed by atoms with Crippen molar-refractivity contribution < 1.29 is 37.0 Å². The van der Waals surface area contributed by atoms with Gasteiger partial charge in [0.15, 0.2) is 6.61 Å². The second kappa shape index (κ2) is 8.35. The van der Waals surface area contributed by atoms with Crippen molar-refractivity contribution in [3.8, 4) is 0 Å². The van der Waals surface area contributed by atoms with Gasteiger partial charge in [0.1, 0.15) is 0 Å². The zero-order valence-electron chi connectivity index (χ0n) is 14.0. The largest absolute Gasteiger partial charge is 0.465 e. The zero-order valence-corrected chi connectivity index (χ0v) is 14.0. The molecule has 0 saturated heterocycles. The molecule has 0 aliphatic carbocycles. The third kappa shape index (κ3) is 5.56. The molecule has 6 nitrogen and oxygen atoms in total. The van der Waals surface area contributed by atoms with Gasteiger partial charge in [-0.1, -0.05) is 6.07 Å². The van der Waals surface area contributed by atoms with Crippen LogP contribution in [0.25, 0.3) is 0 Å². The van der Waals surface area contributed by atoms with E-state index >= 15 is 0 Å². The Bertz CT molecular complexity index is 847. The quantitative estimate of drug-likeness (QED) is 0.804. The lowest BCUT2D eigenvalue weighted by molar-refractivity contribution is -0.137. The van der Waals surface area contributed by atoms with Gasteiger partial charge >= 0.3 is 18.1 Å². The second-order valence-corrected chi connectivity index (χ2v) is 5.27. The van der Waals surface area contributed by atoms with Gasteiger partial charge in [0.25, 0.3) is 5.91 Å². The summed E-state index contributed by atoms with van der Waals surface area (Å²) in [5.74, 6) is -2.29. The molecule has 0 atom stereocenters. The number of methoxy groups -OCH3 is 1. The van der Waals surface area contributed by atoms with Gasteiger partial charge in [-0.05, 0) is 42.5 Å². The van der Waals surface area contributed by atoms with E-state index in [0.717, 1.165) is 18.2 Å². The Hall–Kier alpha value is -3.36. The van der Waals surface area contributed by atoms with Gasteiger partial charge in [-0.2, -0.15) is 13.2 Å². The highest BCUT2D eigenvalue weighted by Gasteiger charge is 2.31. The van der Waals surface area contributed by atoms with E-state index in [1.807, 2.05) is 0 Å². The fourth-order valence-corrected chi connectivity index (χ4v) is 2.04. The number of benzene rings is 2. The molecule has 0 bridgehead atoms. The van der Waals surface area contributed by atoms with Crippen molar-refractivity contribution in [1.29, 1.82) is 0 Å². The van der Waals surface area contributed by atoms with Crippen LogP contribution in [-0.4, -0.2) is 31.6 Å². The average molecular weight is 381 g/mol. The molecular formula is C18H14F3NO5. The maximum Gasteiger partial charge on any atom is 0.416 e. The lowest BCUT2D eigenvalue weighted by Crippen LogP contribution is -2.21. The van der Waals surface area contributed by atoms with Gasteiger partial charge in [0.2, 0.25) is 0 Å². The standard InChI is InChI=1S/C18H14F3NO5/c1-26-16(24)11-5-7-14(8-6-11)22-15(23)10-27-17(25)12-3-2-4-13(9-12)18(19,20)21/h2-9H,10H2,1H3,(H,22,23). The smallest absolute Gasteiger partial charge is 0.416 e. The van der Waals surface area contributed by atoms with Crippen LogP contribution in [-0.2, 0) is 20.4 Å². The summed E-state index contributed by atoms with van der Waals surface area (Å²) in [7, 11) is 1.23. The number of alkyl halides is 3. The van der Waals surface area contributed by atoms with E-state index < -0.39 is 36.2 Å². The number of nitrogens with one attached hydrogen (secondary N) is 1. The van der Waals surface area contributed by atoms with Gasteiger partial charge in [0.05, 0.1) is 23.8 Å². The van der Waals surface area contributed by atoms with Gasteiger partial charge in [0, 0.05) is 5.69 Å². The fraction of sp³-hybridized carbons (Fsp3) is 0.167. The molecule has 2 aromatic rings. The number of hydrogen-bond acceptors (Lipinski definition) is 5. The number of rotatable bonds is 5. The predicted octanol–water partition coefficient (Wildman–Crippen LogP) is 3.29. The number of halogens is 3. The summed E-state index contributed by atoms with van der Waals surface area (Å²) in [6.07, 6.45) is -4.59. The molecule has 0 fully saturated rings. The van der Waals surface area contributed by atoms with Crippen molar-refractivity contribution in [1.82, 2.24) is 0 Å². The lowest BCUT2D eigenvalue weighted by atomic mass is 10.1. The molecular weight excluding hydrogens is 367 g/mol. The summed E-state index contributed by atoms with van der Waals surface area (Å²) in [6, 6.07) is 9.43. The second-order valence-electron chi connectivity index (χ2n) is 5.27. The molecule has 0 radical (unpaired) electrons. The number of esters is 2. The Labute approximate surface area is 151 Å². The number of ether oxygens (including phenoxy) is 2. The van der Waals surface area contributed by atoms with E-state index in [-0.39, 0.29) is 11.1 Å². The summed E-state index contributed by atoms with van der Waals surface area (Å²) in [5.41, 5.74) is -0.693. The van der Waals surface area contributed by atoms with Crippen LogP contribution >= 0.6 is 0 Å². The topological polar surface area (TPSA) is 81.7 Å². The van der Waals surface area contributed by atoms with Gasteiger partial charge in [-0.25, -0.2) is 9.59 Å². The monoisotopic (exact) mass is 381 g/mol. The highest BCUT2D eigenvalue weighted by atomic mass is 19.4. The Balaban J connectivity index is 1.92. The molecule has 27 heavy (non-hydrogen) atoms. The van der Waals surface area contributed by atoms with Crippen LogP contribution in [0.2, 0.25) is 0 Å². The lowest BCUT2D eigenvalue weighted by Gasteiger charge is -2.09.